The first kappa shape index (κ1) is 12.8. The van der Waals surface area contributed by atoms with Crippen LogP contribution in [-0.2, 0) is 9.53 Å². The van der Waals surface area contributed by atoms with Crippen molar-refractivity contribution in [3.63, 3.8) is 0 Å². The summed E-state index contributed by atoms with van der Waals surface area (Å²) in [5.41, 5.74) is 0.773. The lowest BCUT2D eigenvalue weighted by Gasteiger charge is -1.90. The molecule has 0 saturated heterocycles. The van der Waals surface area contributed by atoms with Crippen LogP contribution in [0.1, 0.15) is 22.2 Å². The van der Waals surface area contributed by atoms with Gasteiger partial charge in [-0.2, -0.15) is 0 Å². The van der Waals surface area contributed by atoms with Crippen LogP contribution in [0.25, 0.3) is 0 Å². The van der Waals surface area contributed by atoms with Crippen LogP contribution < -0.4 is 0 Å². The smallest absolute Gasteiger partial charge is 0.348 e. The molecule has 1 aromatic heterocycles. The van der Waals surface area contributed by atoms with E-state index in [0.717, 1.165) is 5.56 Å². The molecule has 0 aliphatic rings. The van der Waals surface area contributed by atoms with Crippen molar-refractivity contribution in [2.75, 3.05) is 12.9 Å². The molecule has 0 fully saturated rings. The van der Waals surface area contributed by atoms with Gasteiger partial charge in [0.2, 0.25) is 0 Å². The van der Waals surface area contributed by atoms with E-state index in [2.05, 4.69) is 16.6 Å². The highest BCUT2D eigenvalue weighted by molar-refractivity contribution is 8.13. The number of hydrogen-bond acceptors (Lipinski definition) is 5. The molecule has 16 heavy (non-hydrogen) atoms. The van der Waals surface area contributed by atoms with Gasteiger partial charge in [-0.1, -0.05) is 23.6 Å². The van der Waals surface area contributed by atoms with Gasteiger partial charge in [-0.3, -0.25) is 4.79 Å². The molecule has 84 valence electrons. The van der Waals surface area contributed by atoms with Crippen molar-refractivity contribution in [3.05, 3.63) is 21.9 Å². The maximum Gasteiger partial charge on any atom is 0.348 e. The zero-order chi connectivity index (χ0) is 12.0. The first-order chi connectivity index (χ1) is 7.63. The summed E-state index contributed by atoms with van der Waals surface area (Å²) in [5, 5.41) is 1.84. The van der Waals surface area contributed by atoms with Crippen LogP contribution in [0.3, 0.4) is 0 Å². The van der Waals surface area contributed by atoms with E-state index in [-0.39, 0.29) is 11.1 Å². The molecule has 0 spiro atoms. The van der Waals surface area contributed by atoms with Gasteiger partial charge in [-0.05, 0) is 6.07 Å². The van der Waals surface area contributed by atoms with E-state index in [1.807, 2.05) is 0 Å². The van der Waals surface area contributed by atoms with Crippen LogP contribution in [-0.4, -0.2) is 23.9 Å². The van der Waals surface area contributed by atoms with E-state index >= 15 is 0 Å². The van der Waals surface area contributed by atoms with E-state index in [0.29, 0.717) is 10.6 Å². The molecule has 3 nitrogen and oxygen atoms in total. The first-order valence-corrected chi connectivity index (χ1v) is 6.29. The second-order valence-electron chi connectivity index (χ2n) is 2.77. The highest BCUT2D eigenvalue weighted by Gasteiger charge is 2.07. The Balaban J connectivity index is 2.58. The predicted octanol–water partition coefficient (Wildman–Crippen LogP) is 2.17. The Labute approximate surface area is 102 Å². The lowest BCUT2D eigenvalue weighted by Crippen LogP contribution is -1.96. The SMILES string of the molecule is COC(=O)c1cc(C#CCSC(C)=O)cs1. The third kappa shape index (κ3) is 4.09. The number of thioether (sulfide) groups is 1. The molecule has 1 aromatic rings. The number of hydrogen-bond donors (Lipinski definition) is 0. The second-order valence-corrected chi connectivity index (χ2v) is 4.84. The number of methoxy groups -OCH3 is 1. The number of carbonyl (C=O) groups excluding carboxylic acids is 2. The van der Waals surface area contributed by atoms with E-state index in [1.54, 1.807) is 11.4 Å². The van der Waals surface area contributed by atoms with Gasteiger partial charge in [0.15, 0.2) is 5.12 Å². The van der Waals surface area contributed by atoms with Gasteiger partial charge in [0, 0.05) is 17.9 Å². The fourth-order valence-electron chi connectivity index (χ4n) is 0.885. The molecule has 5 heteroatoms. The monoisotopic (exact) mass is 254 g/mol. The largest absolute Gasteiger partial charge is 0.465 e. The molecular formula is C11H10O3S2. The Morgan fingerprint density at radius 2 is 2.31 bits per heavy atom. The highest BCUT2D eigenvalue weighted by Crippen LogP contribution is 2.14. The third-order valence-electron chi connectivity index (χ3n) is 1.57. The maximum atomic E-state index is 11.1. The Morgan fingerprint density at radius 3 is 2.94 bits per heavy atom. The zero-order valence-electron chi connectivity index (χ0n) is 8.90. The summed E-state index contributed by atoms with van der Waals surface area (Å²) in [6.07, 6.45) is 0. The highest BCUT2D eigenvalue weighted by atomic mass is 32.2. The molecule has 0 N–H and O–H groups in total. The van der Waals surface area contributed by atoms with Gasteiger partial charge in [0.1, 0.15) is 4.88 Å². The minimum atomic E-state index is -0.351. The minimum Gasteiger partial charge on any atom is -0.465 e. The molecule has 0 atom stereocenters. The van der Waals surface area contributed by atoms with Crippen molar-refractivity contribution in [2.45, 2.75) is 6.92 Å². The molecular weight excluding hydrogens is 244 g/mol. The van der Waals surface area contributed by atoms with Crippen LogP contribution >= 0.6 is 23.1 Å². The molecule has 0 radical (unpaired) electrons. The molecule has 0 aliphatic heterocycles. The predicted molar refractivity (Wildman–Crippen MR) is 65.7 cm³/mol. The van der Waals surface area contributed by atoms with Gasteiger partial charge in [-0.15, -0.1) is 11.3 Å². The van der Waals surface area contributed by atoms with Crippen molar-refractivity contribution < 1.29 is 14.3 Å². The quantitative estimate of drug-likeness (QED) is 0.599. The van der Waals surface area contributed by atoms with Crippen LogP contribution in [0.5, 0.6) is 0 Å². The molecule has 0 saturated carbocycles. The molecule has 1 rings (SSSR count). The average molecular weight is 254 g/mol. The molecule has 0 aliphatic carbocycles. The molecule has 1 heterocycles. The van der Waals surface area contributed by atoms with Gasteiger partial charge in [0.25, 0.3) is 0 Å². The van der Waals surface area contributed by atoms with Crippen LogP contribution in [0.4, 0.5) is 0 Å². The van der Waals surface area contributed by atoms with Crippen LogP contribution in [0.2, 0.25) is 0 Å². The Kier molecular flexibility index (Phi) is 5.09. The number of carbonyl (C=O) groups is 2. The number of rotatable bonds is 2. The number of esters is 1. The number of thiophene rings is 1. The average Bonchev–Trinajstić information content (AvgIpc) is 2.71. The fraction of sp³-hybridized carbons (Fsp3) is 0.273. The van der Waals surface area contributed by atoms with Gasteiger partial charge in [-0.25, -0.2) is 4.79 Å². The van der Waals surface area contributed by atoms with Crippen molar-refractivity contribution in [3.8, 4) is 11.8 Å². The van der Waals surface area contributed by atoms with E-state index in [4.69, 9.17) is 0 Å². The van der Waals surface area contributed by atoms with Gasteiger partial charge < -0.3 is 4.74 Å². The van der Waals surface area contributed by atoms with Crippen LogP contribution in [0, 0.1) is 11.8 Å². The Morgan fingerprint density at radius 1 is 1.56 bits per heavy atom. The van der Waals surface area contributed by atoms with Gasteiger partial charge >= 0.3 is 5.97 Å². The third-order valence-corrected chi connectivity index (χ3v) is 3.17. The maximum absolute atomic E-state index is 11.1. The molecule has 0 amide bonds. The molecule has 0 unspecified atom stereocenters. The lowest BCUT2D eigenvalue weighted by molar-refractivity contribution is -0.109. The standard InChI is InChI=1S/C11H10O3S2/c1-8(12)15-5-3-4-9-6-10(16-7-9)11(13)14-2/h6-7H,5H2,1-2H3. The summed E-state index contributed by atoms with van der Waals surface area (Å²) in [6, 6.07) is 1.68. The van der Waals surface area contributed by atoms with Crippen molar-refractivity contribution >= 4 is 34.2 Å². The van der Waals surface area contributed by atoms with Crippen molar-refractivity contribution in [1.29, 1.82) is 0 Å². The van der Waals surface area contributed by atoms with Crippen molar-refractivity contribution in [1.82, 2.24) is 0 Å². The summed E-state index contributed by atoms with van der Waals surface area (Å²) in [4.78, 5) is 22.3. The Hall–Kier alpha value is -1.25. The second kappa shape index (κ2) is 6.36. The number of ether oxygens (including phenoxy) is 1. The molecule has 0 bridgehead atoms. The summed E-state index contributed by atoms with van der Waals surface area (Å²) >= 11 is 2.46. The van der Waals surface area contributed by atoms with Crippen molar-refractivity contribution in [2.24, 2.45) is 0 Å². The lowest BCUT2D eigenvalue weighted by atomic mass is 10.3. The zero-order valence-corrected chi connectivity index (χ0v) is 10.5. The first-order valence-electron chi connectivity index (χ1n) is 4.42. The van der Waals surface area contributed by atoms with Gasteiger partial charge in [0.05, 0.1) is 12.9 Å². The summed E-state index contributed by atoms with van der Waals surface area (Å²) < 4.78 is 4.58. The topological polar surface area (TPSA) is 43.4 Å². The molecule has 0 aromatic carbocycles. The summed E-state index contributed by atoms with van der Waals surface area (Å²) in [7, 11) is 1.34. The fourth-order valence-corrected chi connectivity index (χ4v) is 1.99. The van der Waals surface area contributed by atoms with E-state index < -0.39 is 0 Å². The van der Waals surface area contributed by atoms with E-state index in [1.165, 1.54) is 37.1 Å². The summed E-state index contributed by atoms with van der Waals surface area (Å²) in [6.45, 7) is 1.51. The normalized spacial score (nSPS) is 9.12. The van der Waals surface area contributed by atoms with Crippen LogP contribution in [0.15, 0.2) is 11.4 Å². The van der Waals surface area contributed by atoms with E-state index in [9.17, 15) is 9.59 Å². The minimum absolute atomic E-state index is 0.0508. The Bertz CT molecular complexity index is 451. The summed E-state index contributed by atoms with van der Waals surface area (Å²) in [5.74, 6) is 5.85.